The van der Waals surface area contributed by atoms with Gasteiger partial charge in [-0.15, -0.1) is 0 Å². The Balaban J connectivity index is 2.39. The molecule has 0 radical (unpaired) electrons. The summed E-state index contributed by atoms with van der Waals surface area (Å²) in [4.78, 5) is 0. The highest BCUT2D eigenvalue weighted by Crippen LogP contribution is 2.37. The molecule has 1 heterocycles. The van der Waals surface area contributed by atoms with Crippen LogP contribution < -0.4 is 0 Å². The van der Waals surface area contributed by atoms with Crippen molar-refractivity contribution in [3.63, 3.8) is 0 Å². The molecule has 16 heavy (non-hydrogen) atoms. The van der Waals surface area contributed by atoms with Gasteiger partial charge in [-0.05, 0) is 18.6 Å². The van der Waals surface area contributed by atoms with E-state index in [4.69, 9.17) is 32.7 Å². The minimum Gasteiger partial charge on any atom is -0.345 e. The van der Waals surface area contributed by atoms with Crippen molar-refractivity contribution in [3.05, 3.63) is 33.8 Å². The lowest BCUT2D eigenvalue weighted by molar-refractivity contribution is -0.260. The molecule has 0 aromatic heterocycles. The van der Waals surface area contributed by atoms with E-state index in [9.17, 15) is 0 Å². The van der Waals surface area contributed by atoms with Crippen molar-refractivity contribution in [2.45, 2.75) is 12.2 Å². The summed E-state index contributed by atoms with van der Waals surface area (Å²) in [5.41, 5.74) is 0.815. The van der Waals surface area contributed by atoms with Crippen molar-refractivity contribution in [1.29, 1.82) is 0 Å². The summed E-state index contributed by atoms with van der Waals surface area (Å²) < 4.78 is 11.4. The Morgan fingerprint density at radius 3 is 2.50 bits per heavy atom. The lowest BCUT2D eigenvalue weighted by atomic mass is 10.1. The highest BCUT2D eigenvalue weighted by atomic mass is 79.9. The first-order chi connectivity index (χ1) is 7.68. The molecule has 1 fully saturated rings. The summed E-state index contributed by atoms with van der Waals surface area (Å²) in [6.07, 6.45) is 0.903. The maximum Gasteiger partial charge on any atom is 0.206 e. The van der Waals surface area contributed by atoms with Crippen LogP contribution in [0.25, 0.3) is 0 Å². The van der Waals surface area contributed by atoms with Crippen LogP contribution in [0.2, 0.25) is 10.0 Å². The van der Waals surface area contributed by atoms with Crippen LogP contribution in [0.5, 0.6) is 0 Å². The van der Waals surface area contributed by atoms with Gasteiger partial charge in [0.1, 0.15) is 0 Å². The van der Waals surface area contributed by atoms with Gasteiger partial charge in [0.15, 0.2) is 0 Å². The molecule has 1 aliphatic rings. The molecule has 5 heteroatoms. The van der Waals surface area contributed by atoms with Crippen molar-refractivity contribution in [2.24, 2.45) is 0 Å². The number of rotatable bonds is 2. The van der Waals surface area contributed by atoms with E-state index < -0.39 is 5.79 Å². The molecule has 0 atom stereocenters. The molecule has 0 saturated carbocycles. The Morgan fingerprint density at radius 1 is 1.25 bits per heavy atom. The van der Waals surface area contributed by atoms with Gasteiger partial charge in [-0.3, -0.25) is 0 Å². The second-order valence-electron chi connectivity index (χ2n) is 3.56. The molecule has 0 unspecified atom stereocenters. The molecule has 0 spiro atoms. The maximum atomic E-state index is 6.17. The topological polar surface area (TPSA) is 18.5 Å². The average Bonchev–Trinajstić information content (AvgIpc) is 2.30. The Hall–Kier alpha value is 0.200. The van der Waals surface area contributed by atoms with Gasteiger partial charge in [0.2, 0.25) is 5.79 Å². The summed E-state index contributed by atoms with van der Waals surface area (Å²) in [5, 5.41) is 1.71. The number of benzene rings is 1. The second kappa shape index (κ2) is 5.23. The smallest absolute Gasteiger partial charge is 0.206 e. The fourth-order valence-corrected chi connectivity index (χ4v) is 2.86. The van der Waals surface area contributed by atoms with E-state index in [-0.39, 0.29) is 0 Å². The molecular weight excluding hydrogens is 315 g/mol. The molecule has 2 nitrogen and oxygen atoms in total. The van der Waals surface area contributed by atoms with E-state index in [1.165, 1.54) is 0 Å². The third-order valence-electron chi connectivity index (χ3n) is 2.48. The minimum atomic E-state index is -0.778. The fourth-order valence-electron chi connectivity index (χ4n) is 1.68. The van der Waals surface area contributed by atoms with E-state index in [1.54, 1.807) is 12.1 Å². The van der Waals surface area contributed by atoms with Crippen molar-refractivity contribution < 1.29 is 9.47 Å². The molecule has 0 aliphatic carbocycles. The quantitative estimate of drug-likeness (QED) is 0.766. The molecule has 0 amide bonds. The van der Waals surface area contributed by atoms with E-state index in [0.29, 0.717) is 28.6 Å². The molecule has 0 bridgehead atoms. The zero-order chi connectivity index (χ0) is 11.6. The maximum absolute atomic E-state index is 6.17. The summed E-state index contributed by atoms with van der Waals surface area (Å²) in [6.45, 7) is 1.34. The lowest BCUT2D eigenvalue weighted by Crippen LogP contribution is -2.39. The molecule has 1 aromatic rings. The normalized spacial score (nSPS) is 19.7. The largest absolute Gasteiger partial charge is 0.345 e. The molecule has 1 aliphatic heterocycles. The summed E-state index contributed by atoms with van der Waals surface area (Å²) in [6, 6.07) is 5.33. The summed E-state index contributed by atoms with van der Waals surface area (Å²) in [5.74, 6) is -0.778. The van der Waals surface area contributed by atoms with Crippen molar-refractivity contribution in [2.75, 3.05) is 18.5 Å². The van der Waals surface area contributed by atoms with Crippen LogP contribution in [0.4, 0.5) is 0 Å². The van der Waals surface area contributed by atoms with Crippen LogP contribution in [0, 0.1) is 0 Å². The Bertz CT molecular complexity index is 378. The molecule has 1 saturated heterocycles. The molecular formula is C11H11BrCl2O2. The Kier molecular flexibility index (Phi) is 4.14. The van der Waals surface area contributed by atoms with Gasteiger partial charge in [-0.1, -0.05) is 45.2 Å². The first-order valence-corrected chi connectivity index (χ1v) is 6.85. The van der Waals surface area contributed by atoms with Gasteiger partial charge in [0, 0.05) is 10.6 Å². The SMILES string of the molecule is Clc1ccc(C2(CBr)OCCCO2)c(Cl)c1. The van der Waals surface area contributed by atoms with E-state index >= 15 is 0 Å². The third-order valence-corrected chi connectivity index (χ3v) is 3.76. The lowest BCUT2D eigenvalue weighted by Gasteiger charge is -2.36. The van der Waals surface area contributed by atoms with Crippen LogP contribution in [0.1, 0.15) is 12.0 Å². The summed E-state index contributed by atoms with van der Waals surface area (Å²) >= 11 is 15.4. The minimum absolute atomic E-state index is 0.543. The van der Waals surface area contributed by atoms with Gasteiger partial charge in [0.05, 0.1) is 23.6 Å². The number of hydrogen-bond acceptors (Lipinski definition) is 2. The second-order valence-corrected chi connectivity index (χ2v) is 4.97. The number of ether oxygens (including phenoxy) is 2. The van der Waals surface area contributed by atoms with E-state index in [0.717, 1.165) is 12.0 Å². The fraction of sp³-hybridized carbons (Fsp3) is 0.455. The highest BCUT2D eigenvalue weighted by molar-refractivity contribution is 9.09. The predicted molar refractivity (Wildman–Crippen MR) is 68.5 cm³/mol. The van der Waals surface area contributed by atoms with Gasteiger partial charge in [-0.25, -0.2) is 0 Å². The standard InChI is InChI=1S/C11H11BrCl2O2/c12-7-11(15-4-1-5-16-11)9-3-2-8(13)6-10(9)14/h2-3,6H,1,4-5,7H2. The van der Waals surface area contributed by atoms with Crippen molar-refractivity contribution in [3.8, 4) is 0 Å². The van der Waals surface area contributed by atoms with Crippen molar-refractivity contribution in [1.82, 2.24) is 0 Å². The average molecular weight is 326 g/mol. The zero-order valence-electron chi connectivity index (χ0n) is 8.51. The van der Waals surface area contributed by atoms with Gasteiger partial charge >= 0.3 is 0 Å². The van der Waals surface area contributed by atoms with E-state index in [2.05, 4.69) is 15.9 Å². The summed E-state index contributed by atoms with van der Waals surface area (Å²) in [7, 11) is 0. The molecule has 88 valence electrons. The van der Waals surface area contributed by atoms with Gasteiger partial charge in [0.25, 0.3) is 0 Å². The van der Waals surface area contributed by atoms with Crippen LogP contribution in [0.3, 0.4) is 0 Å². The molecule has 1 aromatic carbocycles. The van der Waals surface area contributed by atoms with Crippen LogP contribution in [-0.2, 0) is 15.3 Å². The van der Waals surface area contributed by atoms with Crippen LogP contribution >= 0.6 is 39.1 Å². The molecule has 2 rings (SSSR count). The van der Waals surface area contributed by atoms with Gasteiger partial charge in [-0.2, -0.15) is 0 Å². The predicted octanol–water partition coefficient (Wildman–Crippen LogP) is 3.98. The number of hydrogen-bond donors (Lipinski definition) is 0. The molecule has 0 N–H and O–H groups in total. The van der Waals surface area contributed by atoms with E-state index in [1.807, 2.05) is 6.07 Å². The van der Waals surface area contributed by atoms with Crippen molar-refractivity contribution >= 4 is 39.1 Å². The first kappa shape index (κ1) is 12.7. The van der Waals surface area contributed by atoms with Crippen LogP contribution in [-0.4, -0.2) is 18.5 Å². The number of halogens is 3. The number of alkyl halides is 1. The Morgan fingerprint density at radius 2 is 1.94 bits per heavy atom. The Labute approximate surface area is 113 Å². The zero-order valence-corrected chi connectivity index (χ0v) is 11.6. The first-order valence-electron chi connectivity index (χ1n) is 4.97. The highest BCUT2D eigenvalue weighted by Gasteiger charge is 2.37. The van der Waals surface area contributed by atoms with Gasteiger partial charge < -0.3 is 9.47 Å². The monoisotopic (exact) mass is 324 g/mol. The third kappa shape index (κ3) is 2.39. The van der Waals surface area contributed by atoms with Crippen LogP contribution in [0.15, 0.2) is 18.2 Å².